The monoisotopic (exact) mass is 261 g/mol. The molecule has 1 aliphatic heterocycles. The molecule has 0 aromatic heterocycles. The summed E-state index contributed by atoms with van der Waals surface area (Å²) in [6, 6.07) is 6.77. The van der Waals surface area contributed by atoms with Crippen molar-refractivity contribution in [3.8, 4) is 11.5 Å². The standard InChI is InChI=1S/C16H23NO2/c1-16(2)7-6-13(11-16)17-12-4-5-14-15(10-12)19-9-3-8-18-14/h4-5,10,13,17H,3,6-9,11H2,1-2H3. The molecule has 1 aromatic rings. The second-order valence-corrected chi connectivity index (χ2v) is 6.46. The molecule has 3 nitrogen and oxygen atoms in total. The van der Waals surface area contributed by atoms with E-state index < -0.39 is 0 Å². The van der Waals surface area contributed by atoms with Crippen LogP contribution in [0.3, 0.4) is 0 Å². The fraction of sp³-hybridized carbons (Fsp3) is 0.625. The zero-order chi connectivity index (χ0) is 13.3. The number of rotatable bonds is 2. The number of hydrogen-bond acceptors (Lipinski definition) is 3. The first-order chi connectivity index (χ1) is 9.12. The second-order valence-electron chi connectivity index (χ2n) is 6.46. The van der Waals surface area contributed by atoms with E-state index in [2.05, 4.69) is 31.3 Å². The van der Waals surface area contributed by atoms with Gasteiger partial charge in [0.15, 0.2) is 11.5 Å². The van der Waals surface area contributed by atoms with Crippen molar-refractivity contribution in [3.05, 3.63) is 18.2 Å². The van der Waals surface area contributed by atoms with Gasteiger partial charge in [0.05, 0.1) is 13.2 Å². The zero-order valence-corrected chi connectivity index (χ0v) is 11.9. The van der Waals surface area contributed by atoms with Crippen molar-refractivity contribution >= 4 is 5.69 Å². The lowest BCUT2D eigenvalue weighted by molar-refractivity contribution is 0.297. The number of hydrogen-bond donors (Lipinski definition) is 1. The van der Waals surface area contributed by atoms with Crippen LogP contribution in [0.4, 0.5) is 5.69 Å². The maximum atomic E-state index is 5.73. The summed E-state index contributed by atoms with van der Waals surface area (Å²) in [5, 5.41) is 3.63. The quantitative estimate of drug-likeness (QED) is 0.877. The smallest absolute Gasteiger partial charge is 0.163 e. The predicted molar refractivity (Wildman–Crippen MR) is 77.1 cm³/mol. The third-order valence-corrected chi connectivity index (χ3v) is 4.09. The topological polar surface area (TPSA) is 30.5 Å². The van der Waals surface area contributed by atoms with Crippen molar-refractivity contribution in [2.75, 3.05) is 18.5 Å². The molecule has 1 atom stereocenters. The average Bonchev–Trinajstić information content (AvgIpc) is 2.59. The van der Waals surface area contributed by atoms with Crippen molar-refractivity contribution in [1.82, 2.24) is 0 Å². The Morgan fingerprint density at radius 3 is 2.68 bits per heavy atom. The molecule has 1 N–H and O–H groups in total. The van der Waals surface area contributed by atoms with Crippen molar-refractivity contribution < 1.29 is 9.47 Å². The SMILES string of the molecule is CC1(C)CCC(Nc2ccc3c(c2)OCCCO3)C1. The molecule has 1 unspecified atom stereocenters. The van der Waals surface area contributed by atoms with E-state index in [1.165, 1.54) is 19.3 Å². The van der Waals surface area contributed by atoms with E-state index in [1.807, 2.05) is 6.07 Å². The fourth-order valence-corrected chi connectivity index (χ4v) is 3.05. The first-order valence-electron chi connectivity index (χ1n) is 7.29. The highest BCUT2D eigenvalue weighted by Gasteiger charge is 2.30. The molecule has 19 heavy (non-hydrogen) atoms. The third kappa shape index (κ3) is 2.96. The van der Waals surface area contributed by atoms with E-state index >= 15 is 0 Å². The van der Waals surface area contributed by atoms with Gasteiger partial charge in [-0.1, -0.05) is 13.8 Å². The zero-order valence-electron chi connectivity index (χ0n) is 11.9. The normalized spacial score (nSPS) is 24.8. The van der Waals surface area contributed by atoms with Gasteiger partial charge in [0.1, 0.15) is 0 Å². The van der Waals surface area contributed by atoms with Crippen LogP contribution in [0.2, 0.25) is 0 Å². The average molecular weight is 261 g/mol. The number of fused-ring (bicyclic) bond motifs is 1. The highest BCUT2D eigenvalue weighted by Crippen LogP contribution is 2.39. The Bertz CT molecular complexity index is 456. The molecule has 0 amide bonds. The highest BCUT2D eigenvalue weighted by atomic mass is 16.5. The van der Waals surface area contributed by atoms with E-state index in [0.29, 0.717) is 11.5 Å². The number of ether oxygens (including phenoxy) is 2. The molecule has 0 spiro atoms. The van der Waals surface area contributed by atoms with Crippen LogP contribution < -0.4 is 14.8 Å². The molecular formula is C16H23NO2. The van der Waals surface area contributed by atoms with Crippen LogP contribution in [0.1, 0.15) is 39.5 Å². The largest absolute Gasteiger partial charge is 0.490 e. The molecule has 1 fully saturated rings. The van der Waals surface area contributed by atoms with Crippen molar-refractivity contribution in [2.24, 2.45) is 5.41 Å². The maximum absolute atomic E-state index is 5.73. The molecule has 1 saturated carbocycles. The summed E-state index contributed by atoms with van der Waals surface area (Å²) in [7, 11) is 0. The van der Waals surface area contributed by atoms with Gasteiger partial charge in [-0.25, -0.2) is 0 Å². The van der Waals surface area contributed by atoms with E-state index in [-0.39, 0.29) is 0 Å². The van der Waals surface area contributed by atoms with Gasteiger partial charge in [-0.3, -0.25) is 0 Å². The van der Waals surface area contributed by atoms with Gasteiger partial charge in [0.25, 0.3) is 0 Å². The minimum atomic E-state index is 0.475. The van der Waals surface area contributed by atoms with Gasteiger partial charge in [-0.15, -0.1) is 0 Å². The van der Waals surface area contributed by atoms with Crippen LogP contribution in [0.15, 0.2) is 18.2 Å². The summed E-state index contributed by atoms with van der Waals surface area (Å²) in [6.45, 7) is 6.19. The van der Waals surface area contributed by atoms with Gasteiger partial charge in [0, 0.05) is 24.2 Å². The summed E-state index contributed by atoms with van der Waals surface area (Å²) < 4.78 is 11.4. The molecule has 2 aliphatic rings. The van der Waals surface area contributed by atoms with Gasteiger partial charge in [-0.2, -0.15) is 0 Å². The van der Waals surface area contributed by atoms with Crippen LogP contribution in [0.5, 0.6) is 11.5 Å². The van der Waals surface area contributed by atoms with Gasteiger partial charge in [0.2, 0.25) is 0 Å². The first kappa shape index (κ1) is 12.6. The van der Waals surface area contributed by atoms with E-state index in [1.54, 1.807) is 0 Å². The second kappa shape index (κ2) is 4.95. The molecule has 0 saturated heterocycles. The molecular weight excluding hydrogens is 238 g/mol. The van der Waals surface area contributed by atoms with Gasteiger partial charge in [-0.05, 0) is 36.8 Å². The van der Waals surface area contributed by atoms with E-state index in [0.717, 1.165) is 36.8 Å². The Balaban J connectivity index is 1.70. The molecule has 104 valence electrons. The Labute approximate surface area is 115 Å². The number of anilines is 1. The first-order valence-corrected chi connectivity index (χ1v) is 7.29. The van der Waals surface area contributed by atoms with E-state index in [4.69, 9.17) is 9.47 Å². The molecule has 3 heteroatoms. The number of benzene rings is 1. The lowest BCUT2D eigenvalue weighted by Crippen LogP contribution is -2.17. The third-order valence-electron chi connectivity index (χ3n) is 4.09. The van der Waals surface area contributed by atoms with Crippen molar-refractivity contribution in [1.29, 1.82) is 0 Å². The Morgan fingerprint density at radius 2 is 1.95 bits per heavy atom. The van der Waals surface area contributed by atoms with Crippen LogP contribution in [-0.4, -0.2) is 19.3 Å². The fourth-order valence-electron chi connectivity index (χ4n) is 3.05. The maximum Gasteiger partial charge on any atom is 0.163 e. The summed E-state index contributed by atoms with van der Waals surface area (Å²) in [6.07, 6.45) is 4.74. The molecule has 1 aliphatic carbocycles. The summed E-state index contributed by atoms with van der Waals surface area (Å²) in [4.78, 5) is 0. The molecule has 0 bridgehead atoms. The predicted octanol–water partition coefficient (Wildman–Crippen LogP) is 3.84. The lowest BCUT2D eigenvalue weighted by atomic mass is 9.92. The summed E-state index contributed by atoms with van der Waals surface area (Å²) in [5.41, 5.74) is 1.62. The van der Waals surface area contributed by atoms with E-state index in [9.17, 15) is 0 Å². The van der Waals surface area contributed by atoms with Gasteiger partial charge >= 0.3 is 0 Å². The lowest BCUT2D eigenvalue weighted by Gasteiger charge is -2.19. The van der Waals surface area contributed by atoms with Crippen LogP contribution in [-0.2, 0) is 0 Å². The summed E-state index contributed by atoms with van der Waals surface area (Å²) >= 11 is 0. The van der Waals surface area contributed by atoms with Crippen molar-refractivity contribution in [2.45, 2.75) is 45.6 Å². The molecule has 1 heterocycles. The molecule has 3 rings (SSSR count). The summed E-state index contributed by atoms with van der Waals surface area (Å²) in [5.74, 6) is 1.74. The van der Waals surface area contributed by atoms with Crippen LogP contribution in [0, 0.1) is 5.41 Å². The highest BCUT2D eigenvalue weighted by molar-refractivity contribution is 5.55. The molecule has 0 radical (unpaired) electrons. The van der Waals surface area contributed by atoms with Crippen LogP contribution >= 0.6 is 0 Å². The Hall–Kier alpha value is -1.38. The van der Waals surface area contributed by atoms with Crippen molar-refractivity contribution in [3.63, 3.8) is 0 Å². The van der Waals surface area contributed by atoms with Gasteiger partial charge < -0.3 is 14.8 Å². The number of nitrogens with one attached hydrogen (secondary N) is 1. The Morgan fingerprint density at radius 1 is 1.16 bits per heavy atom. The van der Waals surface area contributed by atoms with Crippen LogP contribution in [0.25, 0.3) is 0 Å². The Kier molecular flexibility index (Phi) is 3.29. The minimum absolute atomic E-state index is 0.475. The molecule has 1 aromatic carbocycles. The minimum Gasteiger partial charge on any atom is -0.490 e.